The van der Waals surface area contributed by atoms with E-state index < -0.39 is 5.82 Å². The Bertz CT molecular complexity index is 1040. The van der Waals surface area contributed by atoms with Crippen LogP contribution in [-0.2, 0) is 0 Å². The Morgan fingerprint density at radius 1 is 0.960 bits per heavy atom. The molecule has 0 atom stereocenters. The summed E-state index contributed by atoms with van der Waals surface area (Å²) in [5.41, 5.74) is 3.41. The summed E-state index contributed by atoms with van der Waals surface area (Å²) in [5.74, 6) is -0.155. The summed E-state index contributed by atoms with van der Waals surface area (Å²) in [6.45, 7) is 0. The SMILES string of the molecule is O=C(Nc1ccccc1-c1nc2ccccc2[nH]1)c1cccc(F)c1. The van der Waals surface area contributed by atoms with Crippen molar-refractivity contribution in [1.82, 2.24) is 9.97 Å². The van der Waals surface area contributed by atoms with Gasteiger partial charge in [0.25, 0.3) is 5.91 Å². The average Bonchev–Trinajstić information content (AvgIpc) is 3.06. The van der Waals surface area contributed by atoms with Gasteiger partial charge >= 0.3 is 0 Å². The molecule has 0 fully saturated rings. The minimum Gasteiger partial charge on any atom is -0.338 e. The van der Waals surface area contributed by atoms with Crippen LogP contribution in [0.3, 0.4) is 0 Å². The third kappa shape index (κ3) is 2.99. The molecule has 2 N–H and O–H groups in total. The molecule has 5 heteroatoms. The molecule has 1 amide bonds. The zero-order valence-electron chi connectivity index (χ0n) is 13.2. The maximum atomic E-state index is 13.3. The van der Waals surface area contributed by atoms with E-state index in [1.54, 1.807) is 12.1 Å². The number of nitrogens with one attached hydrogen (secondary N) is 2. The molecule has 4 rings (SSSR count). The fourth-order valence-electron chi connectivity index (χ4n) is 2.70. The van der Waals surface area contributed by atoms with Crippen molar-refractivity contribution in [3.63, 3.8) is 0 Å². The zero-order valence-corrected chi connectivity index (χ0v) is 13.2. The normalized spacial score (nSPS) is 10.8. The number of aromatic amines is 1. The molecule has 0 saturated heterocycles. The highest BCUT2D eigenvalue weighted by molar-refractivity contribution is 6.06. The first-order valence-electron chi connectivity index (χ1n) is 7.82. The number of halogens is 1. The number of fused-ring (bicyclic) bond motifs is 1. The van der Waals surface area contributed by atoms with Gasteiger partial charge in [0.15, 0.2) is 0 Å². The highest BCUT2D eigenvalue weighted by Gasteiger charge is 2.13. The first-order chi connectivity index (χ1) is 12.2. The number of rotatable bonds is 3. The minimum atomic E-state index is -0.446. The minimum absolute atomic E-state index is 0.263. The first kappa shape index (κ1) is 15.1. The van der Waals surface area contributed by atoms with Gasteiger partial charge in [-0.2, -0.15) is 0 Å². The van der Waals surface area contributed by atoms with Crippen LogP contribution in [0, 0.1) is 5.82 Å². The molecule has 0 radical (unpaired) electrons. The van der Waals surface area contributed by atoms with E-state index in [2.05, 4.69) is 15.3 Å². The van der Waals surface area contributed by atoms with Crippen molar-refractivity contribution < 1.29 is 9.18 Å². The maximum absolute atomic E-state index is 13.3. The molecular weight excluding hydrogens is 317 g/mol. The van der Waals surface area contributed by atoms with E-state index in [0.29, 0.717) is 11.5 Å². The van der Waals surface area contributed by atoms with Gasteiger partial charge < -0.3 is 10.3 Å². The van der Waals surface area contributed by atoms with Crippen molar-refractivity contribution >= 4 is 22.6 Å². The number of H-pyrrole nitrogens is 1. The molecule has 25 heavy (non-hydrogen) atoms. The largest absolute Gasteiger partial charge is 0.338 e. The fourth-order valence-corrected chi connectivity index (χ4v) is 2.70. The van der Waals surface area contributed by atoms with Crippen molar-refractivity contribution in [3.05, 3.63) is 84.2 Å². The number of carbonyl (C=O) groups is 1. The second-order valence-corrected chi connectivity index (χ2v) is 5.61. The lowest BCUT2D eigenvalue weighted by molar-refractivity contribution is 0.102. The standard InChI is InChI=1S/C20H14FN3O/c21-14-7-5-6-13(12-14)20(25)24-16-9-2-1-8-15(16)19-22-17-10-3-4-11-18(17)23-19/h1-12H,(H,22,23)(H,24,25). The summed E-state index contributed by atoms with van der Waals surface area (Å²) in [6, 6.07) is 20.7. The molecule has 4 nitrogen and oxygen atoms in total. The fraction of sp³-hybridized carbons (Fsp3) is 0. The van der Waals surface area contributed by atoms with Crippen molar-refractivity contribution in [2.24, 2.45) is 0 Å². The maximum Gasteiger partial charge on any atom is 0.255 e. The first-order valence-corrected chi connectivity index (χ1v) is 7.82. The quantitative estimate of drug-likeness (QED) is 0.575. The Morgan fingerprint density at radius 3 is 2.60 bits per heavy atom. The number of hydrogen-bond donors (Lipinski definition) is 2. The predicted molar refractivity (Wildman–Crippen MR) is 95.9 cm³/mol. The van der Waals surface area contributed by atoms with Crippen LogP contribution < -0.4 is 5.32 Å². The van der Waals surface area contributed by atoms with E-state index in [1.807, 2.05) is 42.5 Å². The summed E-state index contributed by atoms with van der Waals surface area (Å²) < 4.78 is 13.3. The zero-order chi connectivity index (χ0) is 17.2. The van der Waals surface area contributed by atoms with Crippen LogP contribution in [0.25, 0.3) is 22.4 Å². The van der Waals surface area contributed by atoms with Gasteiger partial charge in [0, 0.05) is 11.1 Å². The number of nitrogens with zero attached hydrogens (tertiary/aromatic N) is 1. The van der Waals surface area contributed by atoms with E-state index in [4.69, 9.17) is 0 Å². The molecule has 4 aromatic rings. The number of benzene rings is 3. The second-order valence-electron chi connectivity index (χ2n) is 5.61. The summed E-state index contributed by atoms with van der Waals surface area (Å²) in [4.78, 5) is 20.2. The Hall–Kier alpha value is -3.47. The molecule has 1 aromatic heterocycles. The van der Waals surface area contributed by atoms with Crippen LogP contribution >= 0.6 is 0 Å². The highest BCUT2D eigenvalue weighted by Crippen LogP contribution is 2.27. The van der Waals surface area contributed by atoms with E-state index >= 15 is 0 Å². The molecule has 0 saturated carbocycles. The Morgan fingerprint density at radius 2 is 1.76 bits per heavy atom. The number of amides is 1. The van der Waals surface area contributed by atoms with Crippen LogP contribution in [0.1, 0.15) is 10.4 Å². The number of aromatic nitrogens is 2. The molecule has 0 aliphatic rings. The Labute approximate surface area is 143 Å². The Kier molecular flexibility index (Phi) is 3.74. The van der Waals surface area contributed by atoms with Crippen molar-refractivity contribution in [3.8, 4) is 11.4 Å². The summed E-state index contributed by atoms with van der Waals surface area (Å²) in [5, 5.41) is 2.83. The smallest absolute Gasteiger partial charge is 0.255 e. The van der Waals surface area contributed by atoms with Gasteiger partial charge in [-0.15, -0.1) is 0 Å². The van der Waals surface area contributed by atoms with Gasteiger partial charge in [-0.25, -0.2) is 9.37 Å². The van der Waals surface area contributed by atoms with Gasteiger partial charge in [-0.3, -0.25) is 4.79 Å². The van der Waals surface area contributed by atoms with Gasteiger partial charge in [0.05, 0.1) is 16.7 Å². The lowest BCUT2D eigenvalue weighted by Gasteiger charge is -2.09. The molecule has 3 aromatic carbocycles. The van der Waals surface area contributed by atoms with E-state index in [1.165, 1.54) is 18.2 Å². The molecule has 0 spiro atoms. The van der Waals surface area contributed by atoms with Crippen molar-refractivity contribution in [1.29, 1.82) is 0 Å². The molecule has 0 unspecified atom stereocenters. The second kappa shape index (κ2) is 6.20. The van der Waals surface area contributed by atoms with Gasteiger partial charge in [0.2, 0.25) is 0 Å². The summed E-state index contributed by atoms with van der Waals surface area (Å²) in [7, 11) is 0. The number of anilines is 1. The third-order valence-corrected chi connectivity index (χ3v) is 3.91. The van der Waals surface area contributed by atoms with Gasteiger partial charge in [-0.05, 0) is 42.5 Å². The Balaban J connectivity index is 1.70. The van der Waals surface area contributed by atoms with Crippen molar-refractivity contribution in [2.45, 2.75) is 0 Å². The van der Waals surface area contributed by atoms with Gasteiger partial charge in [-0.1, -0.05) is 30.3 Å². The molecule has 0 aliphatic heterocycles. The summed E-state index contributed by atoms with van der Waals surface area (Å²) >= 11 is 0. The van der Waals surface area contributed by atoms with E-state index in [-0.39, 0.29) is 11.5 Å². The van der Waals surface area contributed by atoms with Crippen LogP contribution in [0.2, 0.25) is 0 Å². The van der Waals surface area contributed by atoms with Crippen molar-refractivity contribution in [2.75, 3.05) is 5.32 Å². The summed E-state index contributed by atoms with van der Waals surface area (Å²) in [6.07, 6.45) is 0. The van der Waals surface area contributed by atoms with Crippen LogP contribution in [0.15, 0.2) is 72.8 Å². The lowest BCUT2D eigenvalue weighted by atomic mass is 10.1. The molecule has 1 heterocycles. The third-order valence-electron chi connectivity index (χ3n) is 3.91. The number of carbonyl (C=O) groups excluding carboxylic acids is 1. The number of hydrogen-bond acceptors (Lipinski definition) is 2. The van der Waals surface area contributed by atoms with Gasteiger partial charge in [0.1, 0.15) is 11.6 Å². The highest BCUT2D eigenvalue weighted by atomic mass is 19.1. The molecular formula is C20H14FN3O. The molecule has 0 aliphatic carbocycles. The topological polar surface area (TPSA) is 57.8 Å². The monoisotopic (exact) mass is 331 g/mol. The predicted octanol–water partition coefficient (Wildman–Crippen LogP) is 4.62. The number of para-hydroxylation sites is 3. The molecule has 122 valence electrons. The van der Waals surface area contributed by atoms with E-state index in [0.717, 1.165) is 16.6 Å². The molecule has 0 bridgehead atoms. The van der Waals surface area contributed by atoms with Crippen LogP contribution in [0.4, 0.5) is 10.1 Å². The van der Waals surface area contributed by atoms with Crippen LogP contribution in [0.5, 0.6) is 0 Å². The van der Waals surface area contributed by atoms with E-state index in [9.17, 15) is 9.18 Å². The van der Waals surface area contributed by atoms with Crippen LogP contribution in [-0.4, -0.2) is 15.9 Å². The average molecular weight is 331 g/mol. The lowest BCUT2D eigenvalue weighted by Crippen LogP contribution is -2.12. The number of imidazole rings is 1.